The first-order valence-electron chi connectivity index (χ1n) is 6.85. The number of urea groups is 1. The van der Waals surface area contributed by atoms with E-state index < -0.39 is 12.0 Å². The quantitative estimate of drug-likeness (QED) is 0.698. The number of aromatic nitrogens is 2. The Hall–Kier alpha value is -2.05. The topological polar surface area (TPSA) is 98.3 Å². The smallest absolute Gasteiger partial charge is 0.326 e. The number of carboxylic acid groups (broad SMARTS) is 1. The van der Waals surface area contributed by atoms with Gasteiger partial charge in [0, 0.05) is 18.8 Å². The lowest BCUT2D eigenvalue weighted by Crippen LogP contribution is -2.46. The van der Waals surface area contributed by atoms with Gasteiger partial charge >= 0.3 is 12.0 Å². The fraction of sp³-hybridized carbons (Fsp3) is 0.615. The van der Waals surface area contributed by atoms with Crippen molar-refractivity contribution in [1.29, 1.82) is 0 Å². The summed E-state index contributed by atoms with van der Waals surface area (Å²) in [4.78, 5) is 24.3. The zero-order chi connectivity index (χ0) is 14.5. The van der Waals surface area contributed by atoms with Crippen molar-refractivity contribution in [2.45, 2.75) is 38.6 Å². The molecule has 0 spiro atoms. The molecule has 2 amide bonds. The van der Waals surface area contributed by atoms with Crippen molar-refractivity contribution >= 4 is 12.0 Å². The lowest BCUT2D eigenvalue weighted by atomic mass is 10.1. The van der Waals surface area contributed by atoms with Crippen LogP contribution in [0, 0.1) is 6.92 Å². The molecule has 7 nitrogen and oxygen atoms in total. The summed E-state index contributed by atoms with van der Waals surface area (Å²) in [6, 6.07) is -0.954. The summed E-state index contributed by atoms with van der Waals surface area (Å²) >= 11 is 0. The van der Waals surface area contributed by atoms with Crippen LogP contribution in [0.1, 0.15) is 30.5 Å². The van der Waals surface area contributed by atoms with Crippen molar-refractivity contribution in [3.63, 3.8) is 0 Å². The number of hydrogen-bond donors (Lipinski definition) is 3. The summed E-state index contributed by atoms with van der Waals surface area (Å²) in [5.74, 6) is -0.924. The zero-order valence-electron chi connectivity index (χ0n) is 11.6. The minimum Gasteiger partial charge on any atom is -0.480 e. The Balaban J connectivity index is 1.72. The first kappa shape index (κ1) is 14.4. The molecule has 2 rings (SSSR count). The zero-order valence-corrected chi connectivity index (χ0v) is 11.6. The van der Waals surface area contributed by atoms with Crippen LogP contribution in [0.2, 0.25) is 0 Å². The van der Waals surface area contributed by atoms with Crippen molar-refractivity contribution < 1.29 is 14.7 Å². The van der Waals surface area contributed by atoms with E-state index in [2.05, 4.69) is 15.5 Å². The Morgan fingerprint density at radius 1 is 1.60 bits per heavy atom. The average molecular weight is 280 g/mol. The molecule has 0 radical (unpaired) electrons. The molecule has 1 aliphatic rings. The molecule has 1 saturated heterocycles. The molecule has 110 valence electrons. The number of aryl methyl sites for hydroxylation is 2. The third-order valence-electron chi connectivity index (χ3n) is 3.63. The van der Waals surface area contributed by atoms with Crippen molar-refractivity contribution in [3.05, 3.63) is 17.5 Å². The van der Waals surface area contributed by atoms with Crippen LogP contribution in [0.4, 0.5) is 4.79 Å². The molecule has 0 aliphatic carbocycles. The van der Waals surface area contributed by atoms with Gasteiger partial charge in [-0.15, -0.1) is 0 Å². The fourth-order valence-corrected chi connectivity index (χ4v) is 2.47. The molecule has 1 atom stereocenters. The number of carbonyl (C=O) groups excluding carboxylic acids is 1. The van der Waals surface area contributed by atoms with Gasteiger partial charge in [0.1, 0.15) is 6.04 Å². The van der Waals surface area contributed by atoms with Gasteiger partial charge in [0.25, 0.3) is 0 Å². The largest absolute Gasteiger partial charge is 0.480 e. The third-order valence-corrected chi connectivity index (χ3v) is 3.63. The predicted molar refractivity (Wildman–Crippen MR) is 72.4 cm³/mol. The molecule has 7 heteroatoms. The Morgan fingerprint density at radius 3 is 3.05 bits per heavy atom. The van der Waals surface area contributed by atoms with Crippen molar-refractivity contribution in [2.24, 2.45) is 0 Å². The SMILES string of the molecule is Cc1[nH]ncc1CCCNC(=O)N1CCC[C@@H]1C(=O)O. The standard InChI is InChI=1S/C13H20N4O3/c1-9-10(8-15-16-9)4-2-6-14-13(20)17-7-3-5-11(17)12(18)19/h8,11H,2-7H2,1H3,(H,14,20)(H,15,16)(H,18,19)/t11-/m1/s1. The molecule has 1 aromatic heterocycles. The highest BCUT2D eigenvalue weighted by Crippen LogP contribution is 2.17. The minimum atomic E-state index is -0.924. The molecule has 0 aromatic carbocycles. The van der Waals surface area contributed by atoms with E-state index >= 15 is 0 Å². The van der Waals surface area contributed by atoms with E-state index in [1.807, 2.05) is 6.92 Å². The summed E-state index contributed by atoms with van der Waals surface area (Å²) in [5.41, 5.74) is 2.19. The number of rotatable bonds is 5. The summed E-state index contributed by atoms with van der Waals surface area (Å²) in [6.07, 6.45) is 4.72. The molecule has 0 unspecified atom stereocenters. The third kappa shape index (κ3) is 3.28. The predicted octanol–water partition coefficient (Wildman–Crippen LogP) is 0.909. The lowest BCUT2D eigenvalue weighted by Gasteiger charge is -2.21. The number of nitrogens with one attached hydrogen (secondary N) is 2. The number of H-pyrrole nitrogens is 1. The van der Waals surface area contributed by atoms with Gasteiger partial charge in [-0.05, 0) is 38.2 Å². The van der Waals surface area contributed by atoms with E-state index in [1.54, 1.807) is 6.20 Å². The van der Waals surface area contributed by atoms with E-state index in [0.29, 0.717) is 19.5 Å². The van der Waals surface area contributed by atoms with Gasteiger partial charge < -0.3 is 15.3 Å². The number of aromatic amines is 1. The lowest BCUT2D eigenvalue weighted by molar-refractivity contribution is -0.141. The van der Waals surface area contributed by atoms with Crippen LogP contribution in [-0.4, -0.2) is 51.3 Å². The highest BCUT2D eigenvalue weighted by molar-refractivity contribution is 5.83. The molecule has 0 saturated carbocycles. The maximum atomic E-state index is 11.9. The van der Waals surface area contributed by atoms with Gasteiger partial charge in [-0.2, -0.15) is 5.10 Å². The molecular weight excluding hydrogens is 260 g/mol. The second kappa shape index (κ2) is 6.40. The summed E-state index contributed by atoms with van der Waals surface area (Å²) < 4.78 is 0. The molecule has 2 heterocycles. The first-order chi connectivity index (χ1) is 9.59. The Bertz CT molecular complexity index is 486. The molecule has 1 fully saturated rings. The van der Waals surface area contributed by atoms with Crippen molar-refractivity contribution in [1.82, 2.24) is 20.4 Å². The second-order valence-corrected chi connectivity index (χ2v) is 5.05. The number of carboxylic acids is 1. The van der Waals surface area contributed by atoms with Gasteiger partial charge in [-0.3, -0.25) is 5.10 Å². The van der Waals surface area contributed by atoms with Crippen molar-refractivity contribution in [3.8, 4) is 0 Å². The highest BCUT2D eigenvalue weighted by atomic mass is 16.4. The minimum absolute atomic E-state index is 0.279. The molecule has 1 aromatic rings. The first-order valence-corrected chi connectivity index (χ1v) is 6.85. The van der Waals surface area contributed by atoms with Crippen LogP contribution in [0.25, 0.3) is 0 Å². The fourth-order valence-electron chi connectivity index (χ4n) is 2.47. The van der Waals surface area contributed by atoms with Gasteiger partial charge in [-0.25, -0.2) is 9.59 Å². The number of amides is 2. The van der Waals surface area contributed by atoms with Crippen LogP contribution >= 0.6 is 0 Å². The van der Waals surface area contributed by atoms with Gasteiger partial charge in [0.05, 0.1) is 6.20 Å². The Morgan fingerprint density at radius 2 is 2.40 bits per heavy atom. The monoisotopic (exact) mass is 280 g/mol. The van der Waals surface area contributed by atoms with E-state index in [1.165, 1.54) is 4.90 Å². The average Bonchev–Trinajstić information content (AvgIpc) is 3.03. The molecule has 0 bridgehead atoms. The van der Waals surface area contributed by atoms with E-state index in [-0.39, 0.29) is 6.03 Å². The van der Waals surface area contributed by atoms with Crippen molar-refractivity contribution in [2.75, 3.05) is 13.1 Å². The molecule has 20 heavy (non-hydrogen) atoms. The second-order valence-electron chi connectivity index (χ2n) is 5.05. The van der Waals surface area contributed by atoms with Crippen LogP contribution < -0.4 is 5.32 Å². The van der Waals surface area contributed by atoms with Gasteiger partial charge in [0.2, 0.25) is 0 Å². The van der Waals surface area contributed by atoms with Gasteiger partial charge in [-0.1, -0.05) is 0 Å². The number of carbonyl (C=O) groups is 2. The van der Waals surface area contributed by atoms with Crippen LogP contribution in [-0.2, 0) is 11.2 Å². The number of aliphatic carboxylic acids is 1. The van der Waals surface area contributed by atoms with Crippen LogP contribution in [0.5, 0.6) is 0 Å². The summed E-state index contributed by atoms with van der Waals surface area (Å²) in [5, 5.41) is 18.6. The Kier molecular flexibility index (Phi) is 4.60. The Labute approximate surface area is 117 Å². The van der Waals surface area contributed by atoms with Gasteiger partial charge in [0.15, 0.2) is 0 Å². The maximum absolute atomic E-state index is 11.9. The molecular formula is C13H20N4O3. The number of hydrogen-bond acceptors (Lipinski definition) is 3. The number of nitrogens with zero attached hydrogens (tertiary/aromatic N) is 2. The van der Waals surface area contributed by atoms with Crippen LogP contribution in [0.3, 0.4) is 0 Å². The molecule has 1 aliphatic heterocycles. The van der Waals surface area contributed by atoms with E-state index in [9.17, 15) is 9.59 Å². The number of likely N-dealkylation sites (tertiary alicyclic amines) is 1. The maximum Gasteiger partial charge on any atom is 0.326 e. The molecule has 3 N–H and O–H groups in total. The summed E-state index contributed by atoms with van der Waals surface area (Å²) in [7, 11) is 0. The highest BCUT2D eigenvalue weighted by Gasteiger charge is 2.33. The van der Waals surface area contributed by atoms with Crippen LogP contribution in [0.15, 0.2) is 6.20 Å². The van der Waals surface area contributed by atoms with E-state index in [4.69, 9.17) is 5.11 Å². The summed E-state index contributed by atoms with van der Waals surface area (Å²) in [6.45, 7) is 3.01. The normalized spacial score (nSPS) is 18.2. The van der Waals surface area contributed by atoms with E-state index in [0.717, 1.165) is 30.5 Å².